The molecular weight excluding hydrogens is 594 g/mol. The van der Waals surface area contributed by atoms with Crippen LogP contribution in [0.15, 0.2) is 108 Å². The molecule has 1 atom stereocenters. The number of nitrogens with one attached hydrogen (secondary N) is 1. The molecule has 0 aliphatic heterocycles. The fraction of sp³-hybridized carbons (Fsp3) is 0.257. The van der Waals surface area contributed by atoms with Gasteiger partial charge in [-0.15, -0.1) is 0 Å². The molecule has 0 saturated carbocycles. The number of rotatable bonds is 12. The summed E-state index contributed by atoms with van der Waals surface area (Å²) in [5.74, 6) is -0.857. The SMILES string of the molecule is Cc1ccc(S(=O)(=O)N(CC(=O)N(Cc2cccc(Cl)c2)[C@H](Cc2ccccc2)C(=O)NC(C)C)c2cccc(C)c2)cc1. The van der Waals surface area contributed by atoms with Crippen LogP contribution in [-0.2, 0) is 32.6 Å². The van der Waals surface area contributed by atoms with Crippen molar-refractivity contribution in [2.75, 3.05) is 10.8 Å². The van der Waals surface area contributed by atoms with E-state index in [1.807, 2.05) is 70.2 Å². The van der Waals surface area contributed by atoms with Crippen LogP contribution in [0, 0.1) is 13.8 Å². The van der Waals surface area contributed by atoms with E-state index < -0.39 is 28.5 Å². The number of hydrogen-bond donors (Lipinski definition) is 1. The zero-order chi connectivity index (χ0) is 31.9. The summed E-state index contributed by atoms with van der Waals surface area (Å²) in [6, 6.07) is 29.0. The largest absolute Gasteiger partial charge is 0.352 e. The standard InChI is InChI=1S/C35H38ClN3O4S/c1-25(2)37-35(41)33(22-28-11-6-5-7-12-28)38(23-29-13-9-14-30(36)21-29)34(40)24-39(31-15-8-10-27(4)20-31)44(42,43)32-18-16-26(3)17-19-32/h5-21,25,33H,22-24H2,1-4H3,(H,37,41)/t33-/m1/s1. The number of anilines is 1. The smallest absolute Gasteiger partial charge is 0.264 e. The van der Waals surface area contributed by atoms with E-state index in [9.17, 15) is 18.0 Å². The lowest BCUT2D eigenvalue weighted by Gasteiger charge is -2.34. The van der Waals surface area contributed by atoms with Gasteiger partial charge in [-0.3, -0.25) is 13.9 Å². The van der Waals surface area contributed by atoms with Gasteiger partial charge in [0, 0.05) is 24.0 Å². The van der Waals surface area contributed by atoms with Gasteiger partial charge in [-0.25, -0.2) is 8.42 Å². The van der Waals surface area contributed by atoms with Gasteiger partial charge >= 0.3 is 0 Å². The molecular formula is C35H38ClN3O4S. The summed E-state index contributed by atoms with van der Waals surface area (Å²) in [5, 5.41) is 3.45. The number of amides is 2. The molecule has 0 aliphatic rings. The topological polar surface area (TPSA) is 86.8 Å². The molecule has 0 spiro atoms. The summed E-state index contributed by atoms with van der Waals surface area (Å²) >= 11 is 6.30. The number of benzene rings is 4. The second-order valence-corrected chi connectivity index (χ2v) is 13.5. The van der Waals surface area contributed by atoms with E-state index in [2.05, 4.69) is 5.32 Å². The van der Waals surface area contributed by atoms with Crippen LogP contribution in [-0.4, -0.2) is 43.8 Å². The average molecular weight is 632 g/mol. The van der Waals surface area contributed by atoms with Crippen LogP contribution in [0.3, 0.4) is 0 Å². The maximum absolute atomic E-state index is 14.5. The van der Waals surface area contributed by atoms with E-state index in [0.717, 1.165) is 21.0 Å². The number of aryl methyl sites for hydroxylation is 2. The molecule has 44 heavy (non-hydrogen) atoms. The van der Waals surface area contributed by atoms with E-state index in [4.69, 9.17) is 11.6 Å². The summed E-state index contributed by atoms with van der Waals surface area (Å²) in [4.78, 5) is 29.7. The lowest BCUT2D eigenvalue weighted by molar-refractivity contribution is -0.140. The molecule has 0 heterocycles. The van der Waals surface area contributed by atoms with Crippen LogP contribution >= 0.6 is 11.6 Å². The van der Waals surface area contributed by atoms with Crippen molar-refractivity contribution in [1.29, 1.82) is 0 Å². The van der Waals surface area contributed by atoms with Gasteiger partial charge < -0.3 is 10.2 Å². The van der Waals surface area contributed by atoms with E-state index in [0.29, 0.717) is 16.3 Å². The molecule has 230 valence electrons. The molecule has 0 radical (unpaired) electrons. The first-order valence-corrected chi connectivity index (χ1v) is 16.3. The predicted molar refractivity (Wildman–Crippen MR) is 176 cm³/mol. The van der Waals surface area contributed by atoms with Gasteiger partial charge in [0.05, 0.1) is 10.6 Å². The summed E-state index contributed by atoms with van der Waals surface area (Å²) in [7, 11) is -4.16. The second-order valence-electron chi connectivity index (χ2n) is 11.2. The van der Waals surface area contributed by atoms with Gasteiger partial charge in [0.2, 0.25) is 11.8 Å². The first kappa shape index (κ1) is 32.8. The fourth-order valence-electron chi connectivity index (χ4n) is 4.92. The summed E-state index contributed by atoms with van der Waals surface area (Å²) in [6.07, 6.45) is 0.237. The van der Waals surface area contributed by atoms with Crippen LogP contribution in [0.25, 0.3) is 0 Å². The first-order chi connectivity index (χ1) is 20.9. The molecule has 0 aromatic heterocycles. The van der Waals surface area contributed by atoms with Gasteiger partial charge in [-0.05, 0) is 80.8 Å². The Bertz CT molecular complexity index is 1690. The van der Waals surface area contributed by atoms with Gasteiger partial charge in [0.15, 0.2) is 0 Å². The monoisotopic (exact) mass is 631 g/mol. The predicted octanol–water partition coefficient (Wildman–Crippen LogP) is 6.32. The van der Waals surface area contributed by atoms with Crippen molar-refractivity contribution in [1.82, 2.24) is 10.2 Å². The van der Waals surface area contributed by atoms with Crippen molar-refractivity contribution in [3.63, 3.8) is 0 Å². The molecule has 4 aromatic carbocycles. The fourth-order valence-corrected chi connectivity index (χ4v) is 6.53. The highest BCUT2D eigenvalue weighted by Gasteiger charge is 2.35. The lowest BCUT2D eigenvalue weighted by atomic mass is 10.0. The van der Waals surface area contributed by atoms with Crippen LogP contribution < -0.4 is 9.62 Å². The van der Waals surface area contributed by atoms with Gasteiger partial charge in [0.1, 0.15) is 12.6 Å². The number of carbonyl (C=O) groups is 2. The van der Waals surface area contributed by atoms with Crippen molar-refractivity contribution in [2.24, 2.45) is 0 Å². The highest BCUT2D eigenvalue weighted by Crippen LogP contribution is 2.26. The van der Waals surface area contributed by atoms with Gasteiger partial charge in [0.25, 0.3) is 10.0 Å². The quantitative estimate of drug-likeness (QED) is 0.198. The zero-order valence-corrected chi connectivity index (χ0v) is 27.0. The normalized spacial score (nSPS) is 12.0. The highest BCUT2D eigenvalue weighted by atomic mass is 35.5. The molecule has 4 rings (SSSR count). The number of halogens is 1. The number of hydrogen-bond acceptors (Lipinski definition) is 4. The van der Waals surface area contributed by atoms with Gasteiger partial charge in [-0.1, -0.05) is 83.9 Å². The molecule has 4 aromatic rings. The molecule has 0 saturated heterocycles. The minimum absolute atomic E-state index is 0.0502. The number of nitrogens with zero attached hydrogens (tertiary/aromatic N) is 2. The zero-order valence-electron chi connectivity index (χ0n) is 25.4. The molecule has 0 fully saturated rings. The lowest BCUT2D eigenvalue weighted by Crippen LogP contribution is -2.54. The Hall–Kier alpha value is -4.14. The Balaban J connectivity index is 1.81. The Morgan fingerprint density at radius 2 is 1.45 bits per heavy atom. The van der Waals surface area contributed by atoms with Crippen molar-refractivity contribution >= 4 is 39.1 Å². The third-order valence-corrected chi connectivity index (χ3v) is 9.14. The summed E-state index contributed by atoms with van der Waals surface area (Å²) in [6.45, 7) is 6.98. The first-order valence-electron chi connectivity index (χ1n) is 14.5. The van der Waals surface area contributed by atoms with E-state index in [-0.39, 0.29) is 29.8 Å². The van der Waals surface area contributed by atoms with Crippen LogP contribution in [0.5, 0.6) is 0 Å². The second kappa shape index (κ2) is 14.6. The van der Waals surface area contributed by atoms with E-state index in [1.165, 1.54) is 17.0 Å². The van der Waals surface area contributed by atoms with Crippen molar-refractivity contribution in [3.05, 3.63) is 130 Å². The van der Waals surface area contributed by atoms with Crippen molar-refractivity contribution in [3.8, 4) is 0 Å². The van der Waals surface area contributed by atoms with Crippen LogP contribution in [0.1, 0.15) is 36.1 Å². The van der Waals surface area contributed by atoms with E-state index in [1.54, 1.807) is 48.5 Å². The Morgan fingerprint density at radius 3 is 2.09 bits per heavy atom. The Kier molecular flexibility index (Phi) is 10.8. The van der Waals surface area contributed by atoms with E-state index >= 15 is 0 Å². The maximum Gasteiger partial charge on any atom is 0.264 e. The molecule has 0 unspecified atom stereocenters. The molecule has 7 nitrogen and oxygen atoms in total. The van der Waals surface area contributed by atoms with Crippen molar-refractivity contribution < 1.29 is 18.0 Å². The summed E-state index contributed by atoms with van der Waals surface area (Å²) < 4.78 is 29.4. The van der Waals surface area contributed by atoms with Gasteiger partial charge in [-0.2, -0.15) is 0 Å². The molecule has 2 amide bonds. The van der Waals surface area contributed by atoms with Crippen molar-refractivity contribution in [2.45, 2.75) is 57.6 Å². The Labute approximate surface area is 265 Å². The highest BCUT2D eigenvalue weighted by molar-refractivity contribution is 7.92. The molecule has 0 aliphatic carbocycles. The molecule has 0 bridgehead atoms. The third kappa shape index (κ3) is 8.49. The third-order valence-electron chi connectivity index (χ3n) is 7.12. The Morgan fingerprint density at radius 1 is 0.795 bits per heavy atom. The molecule has 1 N–H and O–H groups in total. The summed E-state index contributed by atoms with van der Waals surface area (Å²) in [5.41, 5.74) is 3.68. The minimum Gasteiger partial charge on any atom is -0.352 e. The van der Waals surface area contributed by atoms with Crippen LogP contribution in [0.4, 0.5) is 5.69 Å². The van der Waals surface area contributed by atoms with Crippen LogP contribution in [0.2, 0.25) is 5.02 Å². The minimum atomic E-state index is -4.16. The average Bonchev–Trinajstić information content (AvgIpc) is 2.98. The number of sulfonamides is 1. The molecule has 9 heteroatoms. The number of carbonyl (C=O) groups excluding carboxylic acids is 2. The maximum atomic E-state index is 14.5.